The van der Waals surface area contributed by atoms with Crippen LogP contribution < -0.4 is 4.72 Å². The summed E-state index contributed by atoms with van der Waals surface area (Å²) in [6, 6.07) is 17.2. The van der Waals surface area contributed by atoms with Crippen LogP contribution in [0.2, 0.25) is 0 Å². The Labute approximate surface area is 145 Å². The van der Waals surface area contributed by atoms with Crippen LogP contribution in [0.1, 0.15) is 5.69 Å². The molecule has 0 fully saturated rings. The molecule has 0 aliphatic rings. The fourth-order valence-corrected chi connectivity index (χ4v) is 4.58. The van der Waals surface area contributed by atoms with Gasteiger partial charge in [-0.2, -0.15) is 5.10 Å². The zero-order valence-electron chi connectivity index (χ0n) is 13.3. The van der Waals surface area contributed by atoms with Crippen molar-refractivity contribution in [3.8, 4) is 0 Å². The maximum atomic E-state index is 12.7. The maximum Gasteiger partial charge on any atom is 0.265 e. The number of aryl methyl sites for hydroxylation is 2. The summed E-state index contributed by atoms with van der Waals surface area (Å²) in [5, 5.41) is 4.10. The Morgan fingerprint density at radius 3 is 2.38 bits per heavy atom. The lowest BCUT2D eigenvalue weighted by Crippen LogP contribution is -2.14. The third kappa shape index (κ3) is 3.63. The number of sulfonamides is 1. The summed E-state index contributed by atoms with van der Waals surface area (Å²) >= 11 is 1.51. The molecule has 0 unspecified atom stereocenters. The number of rotatable bonds is 5. The molecule has 0 saturated heterocycles. The number of anilines is 1. The zero-order chi connectivity index (χ0) is 17.2. The zero-order valence-corrected chi connectivity index (χ0v) is 14.9. The molecular weight excluding hydrogens is 342 g/mol. The summed E-state index contributed by atoms with van der Waals surface area (Å²) in [7, 11) is -1.98. The molecule has 0 atom stereocenters. The summed E-state index contributed by atoms with van der Waals surface area (Å²) in [5.74, 6) is 0. The molecule has 0 aliphatic carbocycles. The standard InChI is InChI=1S/C17H17N3O2S2/c1-13-17(12-20(2)18-13)24(21,22)19-15-10-6-7-11-16(15)23-14-8-4-3-5-9-14/h3-12,19H,1-2H3. The van der Waals surface area contributed by atoms with Crippen LogP contribution in [0.4, 0.5) is 5.69 Å². The van der Waals surface area contributed by atoms with Crippen molar-refractivity contribution in [3.05, 3.63) is 66.5 Å². The van der Waals surface area contributed by atoms with Crippen LogP contribution in [0, 0.1) is 6.92 Å². The largest absolute Gasteiger partial charge is 0.278 e. The molecular formula is C17H17N3O2S2. The predicted molar refractivity (Wildman–Crippen MR) is 95.8 cm³/mol. The number of hydrogen-bond donors (Lipinski definition) is 1. The maximum absolute atomic E-state index is 12.7. The van der Waals surface area contributed by atoms with E-state index >= 15 is 0 Å². The second-order valence-electron chi connectivity index (χ2n) is 5.27. The molecule has 5 nitrogen and oxygen atoms in total. The average Bonchev–Trinajstić information content (AvgIpc) is 2.90. The summed E-state index contributed by atoms with van der Waals surface area (Å²) in [4.78, 5) is 2.07. The normalized spacial score (nSPS) is 11.4. The number of nitrogens with one attached hydrogen (secondary N) is 1. The van der Waals surface area contributed by atoms with Gasteiger partial charge in [0.25, 0.3) is 10.0 Å². The quantitative estimate of drug-likeness (QED) is 0.755. The lowest BCUT2D eigenvalue weighted by molar-refractivity contribution is 0.600. The Balaban J connectivity index is 1.92. The number of hydrogen-bond acceptors (Lipinski definition) is 4. The van der Waals surface area contributed by atoms with Gasteiger partial charge in [-0.3, -0.25) is 9.40 Å². The van der Waals surface area contributed by atoms with Gasteiger partial charge in [0, 0.05) is 23.0 Å². The van der Waals surface area contributed by atoms with Gasteiger partial charge in [0.1, 0.15) is 4.90 Å². The van der Waals surface area contributed by atoms with Crippen molar-refractivity contribution >= 4 is 27.5 Å². The molecule has 7 heteroatoms. The van der Waals surface area contributed by atoms with Gasteiger partial charge in [0.05, 0.1) is 11.4 Å². The van der Waals surface area contributed by atoms with Crippen molar-refractivity contribution in [2.75, 3.05) is 4.72 Å². The van der Waals surface area contributed by atoms with E-state index in [1.54, 1.807) is 20.0 Å². The van der Waals surface area contributed by atoms with Crippen LogP contribution in [0.15, 0.2) is 75.5 Å². The summed E-state index contributed by atoms with van der Waals surface area (Å²) < 4.78 is 29.5. The Morgan fingerprint density at radius 2 is 1.71 bits per heavy atom. The highest BCUT2D eigenvalue weighted by Crippen LogP contribution is 2.34. The molecule has 0 saturated carbocycles. The lowest BCUT2D eigenvalue weighted by Gasteiger charge is -2.12. The van der Waals surface area contributed by atoms with E-state index in [4.69, 9.17) is 0 Å². The molecule has 1 heterocycles. The molecule has 3 aromatic rings. The van der Waals surface area contributed by atoms with Crippen LogP contribution in [0.5, 0.6) is 0 Å². The molecule has 0 amide bonds. The third-order valence-corrected chi connectivity index (χ3v) is 5.91. The first-order chi connectivity index (χ1) is 11.5. The van der Waals surface area contributed by atoms with Crippen molar-refractivity contribution < 1.29 is 8.42 Å². The van der Waals surface area contributed by atoms with Gasteiger partial charge in [0.15, 0.2) is 0 Å². The third-order valence-electron chi connectivity index (χ3n) is 3.36. The number of para-hydroxylation sites is 1. The summed E-state index contributed by atoms with van der Waals surface area (Å²) in [6.45, 7) is 1.68. The highest BCUT2D eigenvalue weighted by molar-refractivity contribution is 7.99. The first kappa shape index (κ1) is 16.6. The highest BCUT2D eigenvalue weighted by Gasteiger charge is 2.21. The Kier molecular flexibility index (Phi) is 4.64. The molecule has 1 aromatic heterocycles. The molecule has 3 rings (SSSR count). The van der Waals surface area contributed by atoms with Crippen molar-refractivity contribution in [1.29, 1.82) is 0 Å². The molecule has 0 radical (unpaired) electrons. The van der Waals surface area contributed by atoms with Crippen molar-refractivity contribution in [2.45, 2.75) is 21.6 Å². The van der Waals surface area contributed by atoms with Crippen LogP contribution in [-0.2, 0) is 17.1 Å². The molecule has 24 heavy (non-hydrogen) atoms. The summed E-state index contributed by atoms with van der Waals surface area (Å²) in [6.07, 6.45) is 1.50. The first-order valence-corrected chi connectivity index (χ1v) is 9.61. The molecule has 124 valence electrons. The Morgan fingerprint density at radius 1 is 1.04 bits per heavy atom. The van der Waals surface area contributed by atoms with Gasteiger partial charge in [-0.15, -0.1) is 0 Å². The fraction of sp³-hybridized carbons (Fsp3) is 0.118. The van der Waals surface area contributed by atoms with E-state index in [1.807, 2.05) is 48.5 Å². The summed E-state index contributed by atoms with van der Waals surface area (Å²) in [5.41, 5.74) is 1.02. The topological polar surface area (TPSA) is 64.0 Å². The second kappa shape index (κ2) is 6.70. The molecule has 0 spiro atoms. The van der Waals surface area contributed by atoms with Crippen LogP contribution in [0.3, 0.4) is 0 Å². The van der Waals surface area contributed by atoms with E-state index in [2.05, 4.69) is 9.82 Å². The van der Waals surface area contributed by atoms with Crippen LogP contribution in [-0.4, -0.2) is 18.2 Å². The van der Waals surface area contributed by atoms with E-state index in [1.165, 1.54) is 22.6 Å². The van der Waals surface area contributed by atoms with Crippen molar-refractivity contribution in [1.82, 2.24) is 9.78 Å². The molecule has 2 aromatic carbocycles. The number of benzene rings is 2. The van der Waals surface area contributed by atoms with Gasteiger partial charge in [-0.05, 0) is 31.2 Å². The lowest BCUT2D eigenvalue weighted by atomic mass is 10.3. The molecule has 1 N–H and O–H groups in total. The predicted octanol–water partition coefficient (Wildman–Crippen LogP) is 3.68. The van der Waals surface area contributed by atoms with Gasteiger partial charge >= 0.3 is 0 Å². The minimum absolute atomic E-state index is 0.185. The first-order valence-electron chi connectivity index (χ1n) is 7.31. The van der Waals surface area contributed by atoms with Gasteiger partial charge in [-0.1, -0.05) is 42.1 Å². The second-order valence-corrected chi connectivity index (χ2v) is 8.04. The van der Waals surface area contributed by atoms with E-state index in [0.29, 0.717) is 11.4 Å². The van der Waals surface area contributed by atoms with Crippen LogP contribution in [0.25, 0.3) is 0 Å². The minimum Gasteiger partial charge on any atom is -0.278 e. The van der Waals surface area contributed by atoms with E-state index in [0.717, 1.165) is 9.79 Å². The number of aromatic nitrogens is 2. The van der Waals surface area contributed by atoms with Gasteiger partial charge in [-0.25, -0.2) is 8.42 Å². The van der Waals surface area contributed by atoms with Gasteiger partial charge < -0.3 is 0 Å². The van der Waals surface area contributed by atoms with Gasteiger partial charge in [0.2, 0.25) is 0 Å². The fourth-order valence-electron chi connectivity index (χ4n) is 2.30. The van der Waals surface area contributed by atoms with Crippen molar-refractivity contribution in [2.24, 2.45) is 7.05 Å². The highest BCUT2D eigenvalue weighted by atomic mass is 32.2. The molecule has 0 aliphatic heterocycles. The minimum atomic E-state index is -3.68. The smallest absolute Gasteiger partial charge is 0.265 e. The Bertz CT molecular complexity index is 951. The molecule has 0 bridgehead atoms. The van der Waals surface area contributed by atoms with E-state index in [-0.39, 0.29) is 4.90 Å². The Hall–Kier alpha value is -2.25. The average molecular weight is 359 g/mol. The van der Waals surface area contributed by atoms with Crippen LogP contribution >= 0.6 is 11.8 Å². The monoisotopic (exact) mass is 359 g/mol. The number of nitrogens with zero attached hydrogens (tertiary/aromatic N) is 2. The SMILES string of the molecule is Cc1nn(C)cc1S(=O)(=O)Nc1ccccc1Sc1ccccc1. The van der Waals surface area contributed by atoms with E-state index < -0.39 is 10.0 Å². The van der Waals surface area contributed by atoms with Crippen molar-refractivity contribution in [3.63, 3.8) is 0 Å². The van der Waals surface area contributed by atoms with E-state index in [9.17, 15) is 8.42 Å².